The van der Waals surface area contributed by atoms with Crippen molar-refractivity contribution in [1.29, 1.82) is 0 Å². The van der Waals surface area contributed by atoms with Crippen molar-refractivity contribution in [2.75, 3.05) is 19.8 Å². The summed E-state index contributed by atoms with van der Waals surface area (Å²) < 4.78 is 23.7. The van der Waals surface area contributed by atoms with E-state index in [0.29, 0.717) is 24.5 Å². The van der Waals surface area contributed by atoms with Gasteiger partial charge in [-0.05, 0) is 95.7 Å². The summed E-state index contributed by atoms with van der Waals surface area (Å²) in [6.45, 7) is 18.3. The van der Waals surface area contributed by atoms with Crippen molar-refractivity contribution in [2.24, 2.45) is 5.41 Å². The van der Waals surface area contributed by atoms with E-state index >= 15 is 0 Å². The van der Waals surface area contributed by atoms with Gasteiger partial charge in [0.05, 0.1) is 18.1 Å². The number of aliphatic hydroxyl groups excluding tert-OH is 1. The molecule has 0 amide bonds. The van der Waals surface area contributed by atoms with Crippen LogP contribution in [0.1, 0.15) is 68.0 Å². The monoisotopic (exact) mass is 496 g/mol. The molecule has 0 aliphatic carbocycles. The Morgan fingerprint density at radius 3 is 2.44 bits per heavy atom. The van der Waals surface area contributed by atoms with Crippen LogP contribution in [0.15, 0.2) is 36.9 Å². The molecule has 1 heterocycles. The Hall–Kier alpha value is -2.99. The Balaban J connectivity index is 1.71. The lowest BCUT2D eigenvalue weighted by atomic mass is 9.82. The molecule has 2 aromatic carbocycles. The summed E-state index contributed by atoms with van der Waals surface area (Å²) in [5.74, 6) is 2.09. The second kappa shape index (κ2) is 11.0. The largest absolute Gasteiger partial charge is 0.489 e. The first kappa shape index (κ1) is 27.6. The Bertz CT molecular complexity index is 1100. The van der Waals surface area contributed by atoms with Gasteiger partial charge in [-0.15, -0.1) is 0 Å². The SMILES string of the molecule is C=CCOc1c(C)c(C)c2c(c1C)CCC(C)(COc1ccc(C(O)C(C)(C)C(=O)OCC)cc1)O2. The Labute approximate surface area is 215 Å². The number of carbonyl (C=O) groups is 1. The summed E-state index contributed by atoms with van der Waals surface area (Å²) in [7, 11) is 0. The summed E-state index contributed by atoms with van der Waals surface area (Å²) in [5.41, 5.74) is 3.58. The highest BCUT2D eigenvalue weighted by Crippen LogP contribution is 2.44. The first-order valence-corrected chi connectivity index (χ1v) is 12.6. The average molecular weight is 497 g/mol. The molecule has 0 saturated heterocycles. The van der Waals surface area contributed by atoms with E-state index < -0.39 is 23.1 Å². The first-order chi connectivity index (χ1) is 16.9. The molecule has 2 atom stereocenters. The summed E-state index contributed by atoms with van der Waals surface area (Å²) in [6.07, 6.45) is 2.46. The van der Waals surface area contributed by atoms with E-state index in [1.165, 1.54) is 5.56 Å². The minimum atomic E-state index is -1.06. The third-order valence-electron chi connectivity index (χ3n) is 7.13. The summed E-state index contributed by atoms with van der Waals surface area (Å²) in [5, 5.41) is 10.8. The molecule has 0 fully saturated rings. The second-order valence-electron chi connectivity index (χ2n) is 10.4. The normalized spacial score (nSPS) is 18.0. The van der Waals surface area contributed by atoms with E-state index in [1.54, 1.807) is 39.0 Å². The average Bonchev–Trinajstić information content (AvgIpc) is 2.86. The third-order valence-corrected chi connectivity index (χ3v) is 7.13. The van der Waals surface area contributed by atoms with Crippen molar-refractivity contribution in [3.05, 3.63) is 64.7 Å². The number of rotatable bonds is 10. The quantitative estimate of drug-likeness (QED) is 0.323. The van der Waals surface area contributed by atoms with Crippen LogP contribution in [0.4, 0.5) is 0 Å². The number of fused-ring (bicyclic) bond motifs is 1. The van der Waals surface area contributed by atoms with E-state index in [2.05, 4.69) is 34.3 Å². The highest BCUT2D eigenvalue weighted by Gasteiger charge is 2.38. The van der Waals surface area contributed by atoms with Crippen LogP contribution < -0.4 is 14.2 Å². The second-order valence-corrected chi connectivity index (χ2v) is 10.4. The zero-order valence-corrected chi connectivity index (χ0v) is 22.7. The smallest absolute Gasteiger partial charge is 0.314 e. The fourth-order valence-electron chi connectivity index (χ4n) is 4.57. The van der Waals surface area contributed by atoms with Gasteiger partial charge in [-0.3, -0.25) is 4.79 Å². The number of benzene rings is 2. The van der Waals surface area contributed by atoms with Crippen LogP contribution in [0.3, 0.4) is 0 Å². The summed E-state index contributed by atoms with van der Waals surface area (Å²) in [4.78, 5) is 12.2. The molecule has 1 aliphatic rings. The first-order valence-electron chi connectivity index (χ1n) is 12.6. The van der Waals surface area contributed by atoms with Gasteiger partial charge in [-0.25, -0.2) is 0 Å². The number of hydrogen-bond acceptors (Lipinski definition) is 6. The highest BCUT2D eigenvalue weighted by molar-refractivity contribution is 5.77. The predicted molar refractivity (Wildman–Crippen MR) is 141 cm³/mol. The van der Waals surface area contributed by atoms with Gasteiger partial charge in [0.2, 0.25) is 0 Å². The molecule has 3 rings (SSSR count). The molecular weight excluding hydrogens is 456 g/mol. The topological polar surface area (TPSA) is 74.2 Å². The molecular formula is C30H40O6. The van der Waals surface area contributed by atoms with Gasteiger partial charge >= 0.3 is 5.97 Å². The van der Waals surface area contributed by atoms with E-state index in [4.69, 9.17) is 18.9 Å². The minimum Gasteiger partial charge on any atom is -0.489 e. The van der Waals surface area contributed by atoms with E-state index in [1.807, 2.05) is 12.1 Å². The number of esters is 1. The molecule has 0 spiro atoms. The number of aliphatic hydroxyl groups is 1. The lowest BCUT2D eigenvalue weighted by Gasteiger charge is -2.38. The molecule has 1 aliphatic heterocycles. The summed E-state index contributed by atoms with van der Waals surface area (Å²) in [6, 6.07) is 7.18. The van der Waals surface area contributed by atoms with Crippen LogP contribution in [0.2, 0.25) is 0 Å². The molecule has 0 aromatic heterocycles. The molecule has 6 nitrogen and oxygen atoms in total. The van der Waals surface area contributed by atoms with Crippen molar-refractivity contribution in [2.45, 2.75) is 73.0 Å². The fraction of sp³-hybridized carbons (Fsp3) is 0.500. The minimum absolute atomic E-state index is 0.274. The molecule has 1 N–H and O–H groups in total. The van der Waals surface area contributed by atoms with Crippen molar-refractivity contribution < 1.29 is 28.8 Å². The van der Waals surface area contributed by atoms with Crippen LogP contribution >= 0.6 is 0 Å². The van der Waals surface area contributed by atoms with Crippen molar-refractivity contribution in [3.8, 4) is 17.2 Å². The van der Waals surface area contributed by atoms with Gasteiger partial charge in [-0.1, -0.05) is 24.8 Å². The number of ether oxygens (including phenoxy) is 4. The van der Waals surface area contributed by atoms with E-state index in [9.17, 15) is 9.90 Å². The van der Waals surface area contributed by atoms with Crippen LogP contribution in [0.5, 0.6) is 17.2 Å². The van der Waals surface area contributed by atoms with Gasteiger partial charge < -0.3 is 24.1 Å². The highest BCUT2D eigenvalue weighted by atomic mass is 16.5. The molecule has 6 heteroatoms. The van der Waals surface area contributed by atoms with Crippen LogP contribution in [0.25, 0.3) is 0 Å². The molecule has 2 unspecified atom stereocenters. The standard InChI is InChI=1S/C30H40O6/c1-9-17-34-25-19(3)20(4)26-24(21(25)5)15-16-30(8,36-26)18-35-23-13-11-22(12-14-23)27(31)29(6,7)28(32)33-10-2/h9,11-14,27,31H,1,10,15-18H2,2-8H3. The zero-order valence-electron chi connectivity index (χ0n) is 22.7. The third kappa shape index (κ3) is 5.54. The lowest BCUT2D eigenvalue weighted by Crippen LogP contribution is -2.42. The summed E-state index contributed by atoms with van der Waals surface area (Å²) >= 11 is 0. The van der Waals surface area contributed by atoms with Gasteiger partial charge in [0, 0.05) is 5.56 Å². The maximum Gasteiger partial charge on any atom is 0.314 e. The zero-order chi connectivity index (χ0) is 26.7. The van der Waals surface area contributed by atoms with Gasteiger partial charge in [-0.2, -0.15) is 0 Å². The maximum absolute atomic E-state index is 12.2. The molecule has 0 bridgehead atoms. The molecule has 36 heavy (non-hydrogen) atoms. The fourth-order valence-corrected chi connectivity index (χ4v) is 4.57. The Kier molecular flexibility index (Phi) is 8.40. The van der Waals surface area contributed by atoms with Gasteiger partial charge in [0.15, 0.2) is 0 Å². The molecule has 0 saturated carbocycles. The van der Waals surface area contributed by atoms with Gasteiger partial charge in [0.25, 0.3) is 0 Å². The number of carbonyl (C=O) groups excluding carboxylic acids is 1. The van der Waals surface area contributed by atoms with E-state index in [-0.39, 0.29) is 6.61 Å². The molecule has 196 valence electrons. The lowest BCUT2D eigenvalue weighted by molar-refractivity contribution is -0.160. The van der Waals surface area contributed by atoms with Crippen LogP contribution in [-0.4, -0.2) is 36.5 Å². The molecule has 0 radical (unpaired) electrons. The van der Waals surface area contributed by atoms with Gasteiger partial charge in [0.1, 0.15) is 36.1 Å². The van der Waals surface area contributed by atoms with Crippen molar-refractivity contribution in [1.82, 2.24) is 0 Å². The van der Waals surface area contributed by atoms with E-state index in [0.717, 1.165) is 41.0 Å². The Morgan fingerprint density at radius 1 is 1.17 bits per heavy atom. The van der Waals surface area contributed by atoms with Crippen molar-refractivity contribution in [3.63, 3.8) is 0 Å². The van der Waals surface area contributed by atoms with Crippen LogP contribution in [0, 0.1) is 26.2 Å². The maximum atomic E-state index is 12.2. The number of hydrogen-bond donors (Lipinski definition) is 1. The predicted octanol–water partition coefficient (Wildman–Crippen LogP) is 5.96. The Morgan fingerprint density at radius 2 is 1.83 bits per heavy atom. The van der Waals surface area contributed by atoms with Crippen LogP contribution in [-0.2, 0) is 16.0 Å². The molecule has 2 aromatic rings. The van der Waals surface area contributed by atoms with Crippen molar-refractivity contribution >= 4 is 5.97 Å².